The number of methoxy groups -OCH3 is 1. The molecule has 24 heavy (non-hydrogen) atoms. The Morgan fingerprint density at radius 2 is 1.88 bits per heavy atom. The van der Waals surface area contributed by atoms with Crippen LogP contribution in [0.4, 0.5) is 0 Å². The summed E-state index contributed by atoms with van der Waals surface area (Å²) in [5.41, 5.74) is 3.03. The number of carbonyl (C=O) groups is 1. The van der Waals surface area contributed by atoms with Gasteiger partial charge in [0.15, 0.2) is 0 Å². The first-order valence-electron chi connectivity index (χ1n) is 8.22. The minimum atomic E-state index is -0.0487. The highest BCUT2D eigenvalue weighted by Gasteiger charge is 2.16. The molecular weight excluding hydrogens is 300 g/mol. The minimum Gasteiger partial charge on any atom is -0.497 e. The smallest absolute Gasteiger partial charge is 0.251 e. The molecule has 0 heterocycles. The van der Waals surface area contributed by atoms with Crippen LogP contribution in [0.3, 0.4) is 0 Å². The van der Waals surface area contributed by atoms with Gasteiger partial charge in [0.05, 0.1) is 13.2 Å². The summed E-state index contributed by atoms with van der Waals surface area (Å²) in [7, 11) is 5.67. The third-order valence-electron chi connectivity index (χ3n) is 4.18. The Labute approximate surface area is 144 Å². The number of amides is 1. The molecule has 0 aliphatic heterocycles. The number of ether oxygens (including phenoxy) is 1. The van der Waals surface area contributed by atoms with Crippen LogP contribution >= 0.6 is 0 Å². The van der Waals surface area contributed by atoms with Crippen molar-refractivity contribution in [2.45, 2.75) is 19.4 Å². The van der Waals surface area contributed by atoms with Gasteiger partial charge in [0.2, 0.25) is 0 Å². The molecule has 0 saturated heterocycles. The van der Waals surface area contributed by atoms with E-state index in [9.17, 15) is 4.79 Å². The topological polar surface area (TPSA) is 41.6 Å². The van der Waals surface area contributed by atoms with Crippen LogP contribution in [-0.4, -0.2) is 38.6 Å². The van der Waals surface area contributed by atoms with Crippen molar-refractivity contribution in [3.63, 3.8) is 0 Å². The molecule has 2 aromatic carbocycles. The zero-order valence-corrected chi connectivity index (χ0v) is 14.9. The summed E-state index contributed by atoms with van der Waals surface area (Å²) in [4.78, 5) is 14.5. The van der Waals surface area contributed by atoms with Gasteiger partial charge in [-0.25, -0.2) is 0 Å². The number of likely N-dealkylation sites (N-methyl/N-ethyl adjacent to an activating group) is 1. The Balaban J connectivity index is 2.06. The number of aryl methyl sites for hydroxylation is 1. The second kappa shape index (κ2) is 8.50. The van der Waals surface area contributed by atoms with Crippen molar-refractivity contribution < 1.29 is 9.53 Å². The van der Waals surface area contributed by atoms with Crippen LogP contribution in [0.25, 0.3) is 0 Å². The number of hydrogen-bond acceptors (Lipinski definition) is 3. The van der Waals surface area contributed by atoms with Gasteiger partial charge in [-0.15, -0.1) is 0 Å². The van der Waals surface area contributed by atoms with Crippen LogP contribution in [0, 0.1) is 0 Å². The lowest BCUT2D eigenvalue weighted by Crippen LogP contribution is -2.34. The molecule has 0 aliphatic rings. The molecule has 0 aliphatic carbocycles. The minimum absolute atomic E-state index is 0.0487. The average molecular weight is 326 g/mol. The molecule has 128 valence electrons. The lowest BCUT2D eigenvalue weighted by Gasteiger charge is -2.25. The third-order valence-corrected chi connectivity index (χ3v) is 4.18. The van der Waals surface area contributed by atoms with Crippen LogP contribution < -0.4 is 10.1 Å². The van der Waals surface area contributed by atoms with E-state index in [4.69, 9.17) is 4.74 Å². The summed E-state index contributed by atoms with van der Waals surface area (Å²) in [6, 6.07) is 15.8. The Kier molecular flexibility index (Phi) is 6.38. The van der Waals surface area contributed by atoms with Crippen molar-refractivity contribution in [3.05, 3.63) is 65.2 Å². The molecule has 0 saturated carbocycles. The van der Waals surface area contributed by atoms with Gasteiger partial charge >= 0.3 is 0 Å². The Bertz CT molecular complexity index is 666. The van der Waals surface area contributed by atoms with Crippen molar-refractivity contribution >= 4 is 5.91 Å². The monoisotopic (exact) mass is 326 g/mol. The molecule has 1 unspecified atom stereocenters. The SMILES string of the molecule is CCc1ccc(C(=O)NCC(c2cccc(OC)c2)N(C)C)cc1. The largest absolute Gasteiger partial charge is 0.497 e. The molecule has 0 bridgehead atoms. The Morgan fingerprint density at radius 3 is 2.46 bits per heavy atom. The van der Waals surface area contributed by atoms with Gasteiger partial charge in [-0.05, 0) is 55.9 Å². The van der Waals surface area contributed by atoms with Gasteiger partial charge in [0, 0.05) is 12.1 Å². The van der Waals surface area contributed by atoms with Crippen LogP contribution in [0.5, 0.6) is 5.75 Å². The highest BCUT2D eigenvalue weighted by atomic mass is 16.5. The average Bonchev–Trinajstić information content (AvgIpc) is 2.61. The first kappa shape index (κ1) is 18.0. The molecule has 0 radical (unpaired) electrons. The third kappa shape index (κ3) is 4.59. The van der Waals surface area contributed by atoms with Gasteiger partial charge in [-0.1, -0.05) is 31.2 Å². The molecule has 4 heteroatoms. The van der Waals surface area contributed by atoms with E-state index in [1.807, 2.05) is 56.6 Å². The van der Waals surface area contributed by atoms with E-state index in [0.717, 1.165) is 17.7 Å². The van der Waals surface area contributed by atoms with Crippen molar-refractivity contribution in [2.24, 2.45) is 0 Å². The molecule has 4 nitrogen and oxygen atoms in total. The lowest BCUT2D eigenvalue weighted by molar-refractivity contribution is 0.0942. The highest BCUT2D eigenvalue weighted by Crippen LogP contribution is 2.22. The summed E-state index contributed by atoms with van der Waals surface area (Å²) in [6.07, 6.45) is 0.973. The summed E-state index contributed by atoms with van der Waals surface area (Å²) >= 11 is 0. The van der Waals surface area contributed by atoms with Crippen molar-refractivity contribution in [1.29, 1.82) is 0 Å². The molecule has 2 rings (SSSR count). The normalized spacial score (nSPS) is 12.0. The summed E-state index contributed by atoms with van der Waals surface area (Å²) in [6.45, 7) is 2.64. The zero-order chi connectivity index (χ0) is 17.5. The van der Waals surface area contributed by atoms with Crippen LogP contribution in [0.15, 0.2) is 48.5 Å². The zero-order valence-electron chi connectivity index (χ0n) is 14.9. The van der Waals surface area contributed by atoms with Crippen LogP contribution in [0.2, 0.25) is 0 Å². The van der Waals surface area contributed by atoms with Gasteiger partial charge in [0.1, 0.15) is 5.75 Å². The summed E-state index contributed by atoms with van der Waals surface area (Å²) in [5.74, 6) is 0.772. The van der Waals surface area contributed by atoms with Gasteiger partial charge < -0.3 is 15.0 Å². The van der Waals surface area contributed by atoms with Crippen LogP contribution in [-0.2, 0) is 6.42 Å². The number of benzene rings is 2. The van der Waals surface area contributed by atoms with Crippen molar-refractivity contribution in [1.82, 2.24) is 10.2 Å². The highest BCUT2D eigenvalue weighted by molar-refractivity contribution is 5.94. The first-order valence-corrected chi connectivity index (χ1v) is 8.22. The number of carbonyl (C=O) groups excluding carboxylic acids is 1. The maximum absolute atomic E-state index is 12.4. The predicted octanol–water partition coefficient (Wildman–Crippen LogP) is 3.29. The molecule has 0 spiro atoms. The molecule has 1 amide bonds. The number of nitrogens with one attached hydrogen (secondary N) is 1. The van der Waals surface area contributed by atoms with E-state index >= 15 is 0 Å². The van der Waals surface area contributed by atoms with Gasteiger partial charge in [0.25, 0.3) is 5.91 Å². The van der Waals surface area contributed by atoms with E-state index in [0.29, 0.717) is 12.1 Å². The quantitative estimate of drug-likeness (QED) is 0.849. The summed E-state index contributed by atoms with van der Waals surface area (Å²) < 4.78 is 5.30. The fourth-order valence-electron chi connectivity index (χ4n) is 2.63. The molecule has 2 aromatic rings. The van der Waals surface area contributed by atoms with E-state index in [-0.39, 0.29) is 11.9 Å². The van der Waals surface area contributed by atoms with E-state index in [1.165, 1.54) is 5.56 Å². The van der Waals surface area contributed by atoms with E-state index < -0.39 is 0 Å². The predicted molar refractivity (Wildman–Crippen MR) is 97.6 cm³/mol. The molecular formula is C20H26N2O2. The summed E-state index contributed by atoms with van der Waals surface area (Å²) in [5, 5.41) is 3.03. The Hall–Kier alpha value is -2.33. The van der Waals surface area contributed by atoms with E-state index in [1.54, 1.807) is 7.11 Å². The van der Waals surface area contributed by atoms with Crippen LogP contribution in [0.1, 0.15) is 34.5 Å². The Morgan fingerprint density at radius 1 is 1.17 bits per heavy atom. The fourth-order valence-corrected chi connectivity index (χ4v) is 2.63. The maximum Gasteiger partial charge on any atom is 0.251 e. The fraction of sp³-hybridized carbons (Fsp3) is 0.350. The maximum atomic E-state index is 12.4. The second-order valence-corrected chi connectivity index (χ2v) is 6.02. The second-order valence-electron chi connectivity index (χ2n) is 6.02. The molecule has 1 N–H and O–H groups in total. The number of rotatable bonds is 7. The number of nitrogens with zero attached hydrogens (tertiary/aromatic N) is 1. The first-order chi connectivity index (χ1) is 11.5. The molecule has 0 fully saturated rings. The van der Waals surface area contributed by atoms with E-state index in [2.05, 4.69) is 23.2 Å². The molecule has 1 atom stereocenters. The molecule has 0 aromatic heterocycles. The number of hydrogen-bond donors (Lipinski definition) is 1. The standard InChI is InChI=1S/C20H26N2O2/c1-5-15-9-11-16(12-10-15)20(23)21-14-19(22(2)3)17-7-6-8-18(13-17)24-4/h6-13,19H,5,14H2,1-4H3,(H,21,23). The van der Waals surface area contributed by atoms with Crippen molar-refractivity contribution in [3.8, 4) is 5.75 Å². The van der Waals surface area contributed by atoms with Crippen molar-refractivity contribution in [2.75, 3.05) is 27.7 Å². The van der Waals surface area contributed by atoms with Gasteiger partial charge in [-0.2, -0.15) is 0 Å². The van der Waals surface area contributed by atoms with Gasteiger partial charge in [-0.3, -0.25) is 4.79 Å². The lowest BCUT2D eigenvalue weighted by atomic mass is 10.0.